The predicted molar refractivity (Wildman–Crippen MR) is 123 cm³/mol. The van der Waals surface area contributed by atoms with Crippen LogP contribution in [0.25, 0.3) is 0 Å². The number of benzene rings is 2. The number of nitrogens with zero attached hydrogens (tertiary/aromatic N) is 2. The highest BCUT2D eigenvalue weighted by molar-refractivity contribution is 7.92. The number of halogens is 1. The van der Waals surface area contributed by atoms with Crippen LogP contribution in [0.3, 0.4) is 0 Å². The number of nitrogens with one attached hydrogen (secondary N) is 1. The van der Waals surface area contributed by atoms with Crippen molar-refractivity contribution in [1.29, 1.82) is 0 Å². The van der Waals surface area contributed by atoms with Crippen molar-refractivity contribution in [2.24, 2.45) is 0 Å². The van der Waals surface area contributed by atoms with Gasteiger partial charge in [-0.2, -0.15) is 0 Å². The van der Waals surface area contributed by atoms with Gasteiger partial charge in [-0.05, 0) is 81.0 Å². The molecule has 2 heterocycles. The maximum absolute atomic E-state index is 13.5. The summed E-state index contributed by atoms with van der Waals surface area (Å²) in [5.74, 6) is -0.815. The van der Waals surface area contributed by atoms with E-state index in [4.69, 9.17) is 0 Å². The van der Waals surface area contributed by atoms with Crippen molar-refractivity contribution in [2.75, 3.05) is 24.4 Å². The number of aryl methyl sites for hydroxylation is 1. The third-order valence-corrected chi connectivity index (χ3v) is 7.69. The van der Waals surface area contributed by atoms with Gasteiger partial charge in [0, 0.05) is 30.9 Å². The molecule has 2 fully saturated rings. The third-order valence-electron chi connectivity index (χ3n) is 6.31. The Labute approximate surface area is 193 Å². The molecular weight excluding hydrogens is 445 g/mol. The van der Waals surface area contributed by atoms with E-state index in [0.29, 0.717) is 18.5 Å². The Morgan fingerprint density at radius 3 is 2.33 bits per heavy atom. The second kappa shape index (κ2) is 9.51. The van der Waals surface area contributed by atoms with Gasteiger partial charge in [0.25, 0.3) is 15.9 Å². The average Bonchev–Trinajstić information content (AvgIpc) is 3.35. The zero-order valence-electron chi connectivity index (χ0n) is 18.6. The number of rotatable bonds is 5. The second-order valence-electron chi connectivity index (χ2n) is 8.63. The molecule has 33 heavy (non-hydrogen) atoms. The molecular formula is C24H28FN3O4S. The predicted octanol–water partition coefficient (Wildman–Crippen LogP) is 3.55. The van der Waals surface area contributed by atoms with Crippen LogP contribution in [0.2, 0.25) is 0 Å². The van der Waals surface area contributed by atoms with Crippen LogP contribution >= 0.6 is 0 Å². The molecule has 2 amide bonds. The topological polar surface area (TPSA) is 86.8 Å². The minimum atomic E-state index is -3.99. The minimum absolute atomic E-state index is 0.0139. The molecule has 2 aromatic carbocycles. The van der Waals surface area contributed by atoms with Gasteiger partial charge in [0.15, 0.2) is 0 Å². The average molecular weight is 474 g/mol. The molecule has 2 saturated heterocycles. The lowest BCUT2D eigenvalue weighted by molar-refractivity contribution is -0.136. The van der Waals surface area contributed by atoms with Crippen LogP contribution in [0, 0.1) is 12.7 Å². The van der Waals surface area contributed by atoms with Gasteiger partial charge in [-0.3, -0.25) is 14.3 Å². The Kier molecular flexibility index (Phi) is 6.69. The Balaban J connectivity index is 1.60. The Bertz CT molecular complexity index is 1140. The van der Waals surface area contributed by atoms with Gasteiger partial charge in [-0.1, -0.05) is 6.07 Å². The molecule has 176 valence electrons. The molecule has 1 unspecified atom stereocenters. The zero-order valence-corrected chi connectivity index (χ0v) is 19.4. The van der Waals surface area contributed by atoms with Crippen LogP contribution in [0.4, 0.5) is 10.1 Å². The number of hydrogen-bond acceptors (Lipinski definition) is 4. The van der Waals surface area contributed by atoms with Gasteiger partial charge in [0.1, 0.15) is 11.9 Å². The summed E-state index contributed by atoms with van der Waals surface area (Å²) in [6.07, 6.45) is 4.25. The molecule has 0 aliphatic carbocycles. The number of carbonyl (C=O) groups is 2. The minimum Gasteiger partial charge on any atom is -0.341 e. The fourth-order valence-corrected chi connectivity index (χ4v) is 5.55. The van der Waals surface area contributed by atoms with Crippen molar-refractivity contribution in [3.8, 4) is 0 Å². The molecule has 0 radical (unpaired) electrons. The lowest BCUT2D eigenvalue weighted by Gasteiger charge is -2.37. The Morgan fingerprint density at radius 2 is 1.64 bits per heavy atom. The molecule has 4 rings (SSSR count). The van der Waals surface area contributed by atoms with Crippen molar-refractivity contribution < 1.29 is 22.4 Å². The second-order valence-corrected chi connectivity index (χ2v) is 10.3. The number of sulfonamides is 1. The first-order valence-electron chi connectivity index (χ1n) is 11.2. The van der Waals surface area contributed by atoms with E-state index in [9.17, 15) is 22.4 Å². The fraction of sp³-hybridized carbons (Fsp3) is 0.417. The summed E-state index contributed by atoms with van der Waals surface area (Å²) in [4.78, 5) is 30.0. The van der Waals surface area contributed by atoms with Crippen LogP contribution in [0.15, 0.2) is 47.4 Å². The SMILES string of the molecule is Cc1ccc(S(=O)(=O)Nc2ccc(F)cc2)cc1C(=O)N1CCCCC1C(=O)N1CCCC1. The summed E-state index contributed by atoms with van der Waals surface area (Å²) in [5.41, 5.74) is 1.12. The molecule has 0 aromatic heterocycles. The van der Waals surface area contributed by atoms with Gasteiger partial charge >= 0.3 is 0 Å². The van der Waals surface area contributed by atoms with Gasteiger partial charge < -0.3 is 9.80 Å². The maximum Gasteiger partial charge on any atom is 0.261 e. The molecule has 0 spiro atoms. The molecule has 1 N–H and O–H groups in total. The van der Waals surface area contributed by atoms with Crippen LogP contribution in [0.1, 0.15) is 48.0 Å². The van der Waals surface area contributed by atoms with E-state index in [1.165, 1.54) is 24.3 Å². The van der Waals surface area contributed by atoms with E-state index in [1.54, 1.807) is 17.9 Å². The van der Waals surface area contributed by atoms with E-state index in [0.717, 1.165) is 50.9 Å². The standard InChI is InChI=1S/C24H28FN3O4S/c1-17-7-12-20(33(31,32)26-19-10-8-18(25)9-11-19)16-21(17)23(29)28-15-3-2-6-22(28)24(30)27-13-4-5-14-27/h7-12,16,22,26H,2-6,13-15H2,1H3. The summed E-state index contributed by atoms with van der Waals surface area (Å²) < 4.78 is 41.4. The summed E-state index contributed by atoms with van der Waals surface area (Å²) in [6.45, 7) is 3.66. The van der Waals surface area contributed by atoms with Crippen LogP contribution in [-0.2, 0) is 14.8 Å². The quantitative estimate of drug-likeness (QED) is 0.720. The van der Waals surface area contributed by atoms with E-state index in [1.807, 2.05) is 4.90 Å². The van der Waals surface area contributed by atoms with Crippen LogP contribution in [-0.4, -0.2) is 55.7 Å². The largest absolute Gasteiger partial charge is 0.341 e. The van der Waals surface area contributed by atoms with E-state index in [-0.39, 0.29) is 28.0 Å². The number of piperidine rings is 1. The number of hydrogen-bond donors (Lipinski definition) is 1. The smallest absolute Gasteiger partial charge is 0.261 e. The van der Waals surface area contributed by atoms with Gasteiger partial charge in [-0.15, -0.1) is 0 Å². The summed E-state index contributed by atoms with van der Waals surface area (Å²) in [5, 5.41) is 0. The first kappa shape index (κ1) is 23.2. The summed E-state index contributed by atoms with van der Waals surface area (Å²) in [7, 11) is -3.99. The van der Waals surface area contributed by atoms with Crippen molar-refractivity contribution >= 4 is 27.5 Å². The molecule has 0 bridgehead atoms. The van der Waals surface area contributed by atoms with Crippen molar-refractivity contribution in [3.63, 3.8) is 0 Å². The third kappa shape index (κ3) is 5.03. The van der Waals surface area contributed by atoms with Crippen LogP contribution < -0.4 is 4.72 Å². The highest BCUT2D eigenvalue weighted by atomic mass is 32.2. The number of amides is 2. The lowest BCUT2D eigenvalue weighted by atomic mass is 9.98. The van der Waals surface area contributed by atoms with Crippen molar-refractivity contribution in [2.45, 2.75) is 50.0 Å². The first-order valence-corrected chi connectivity index (χ1v) is 12.7. The van der Waals surface area contributed by atoms with E-state index < -0.39 is 21.9 Å². The number of likely N-dealkylation sites (tertiary alicyclic amines) is 2. The summed E-state index contributed by atoms with van der Waals surface area (Å²) >= 11 is 0. The molecule has 2 aliphatic heterocycles. The number of carbonyl (C=O) groups excluding carboxylic acids is 2. The van der Waals surface area contributed by atoms with Gasteiger partial charge in [0.05, 0.1) is 4.90 Å². The molecule has 0 saturated carbocycles. The molecule has 2 aromatic rings. The highest BCUT2D eigenvalue weighted by Gasteiger charge is 2.36. The summed E-state index contributed by atoms with van der Waals surface area (Å²) in [6, 6.07) is 8.85. The number of anilines is 1. The Morgan fingerprint density at radius 1 is 0.970 bits per heavy atom. The molecule has 2 aliphatic rings. The maximum atomic E-state index is 13.5. The van der Waals surface area contributed by atoms with Crippen LogP contribution in [0.5, 0.6) is 0 Å². The highest BCUT2D eigenvalue weighted by Crippen LogP contribution is 2.26. The van der Waals surface area contributed by atoms with E-state index in [2.05, 4.69) is 4.72 Å². The van der Waals surface area contributed by atoms with Gasteiger partial charge in [-0.25, -0.2) is 12.8 Å². The normalized spacial score (nSPS) is 18.9. The van der Waals surface area contributed by atoms with Crippen molar-refractivity contribution in [1.82, 2.24) is 9.80 Å². The van der Waals surface area contributed by atoms with Crippen molar-refractivity contribution in [3.05, 3.63) is 59.4 Å². The zero-order chi connectivity index (χ0) is 23.6. The molecule has 9 heteroatoms. The Hall–Kier alpha value is -2.94. The lowest BCUT2D eigenvalue weighted by Crippen LogP contribution is -2.52. The monoisotopic (exact) mass is 473 g/mol. The molecule has 1 atom stereocenters. The fourth-order valence-electron chi connectivity index (χ4n) is 4.47. The van der Waals surface area contributed by atoms with Gasteiger partial charge in [0.2, 0.25) is 5.91 Å². The van der Waals surface area contributed by atoms with E-state index >= 15 is 0 Å². The molecule has 7 nitrogen and oxygen atoms in total. The first-order chi connectivity index (χ1) is 15.8.